The van der Waals surface area contributed by atoms with E-state index in [1.54, 1.807) is 26.0 Å². The van der Waals surface area contributed by atoms with Gasteiger partial charge in [0.05, 0.1) is 15.5 Å². The number of halogens is 1. The lowest BCUT2D eigenvalue weighted by Crippen LogP contribution is -2.30. The van der Waals surface area contributed by atoms with Crippen molar-refractivity contribution in [2.45, 2.75) is 25.7 Å². The molecule has 0 atom stereocenters. The Morgan fingerprint density at radius 1 is 1.08 bits per heavy atom. The molecule has 5 nitrogen and oxygen atoms in total. The van der Waals surface area contributed by atoms with Crippen LogP contribution in [0.25, 0.3) is 0 Å². The maximum Gasteiger partial charge on any atom is 0.343 e. The number of aryl methyl sites for hydroxylation is 1. The summed E-state index contributed by atoms with van der Waals surface area (Å²) in [6.07, 6.45) is 0. The van der Waals surface area contributed by atoms with Crippen molar-refractivity contribution in [3.8, 4) is 5.75 Å². The molecule has 0 N–H and O–H groups in total. The first kappa shape index (κ1) is 19.4. The van der Waals surface area contributed by atoms with E-state index in [2.05, 4.69) is 0 Å². The molecule has 0 fully saturated rings. The summed E-state index contributed by atoms with van der Waals surface area (Å²) in [4.78, 5) is 12.4. The zero-order valence-corrected chi connectivity index (χ0v) is 15.9. The summed E-state index contributed by atoms with van der Waals surface area (Å²) >= 11 is 6.02. The van der Waals surface area contributed by atoms with E-state index in [0.717, 1.165) is 5.56 Å². The SMILES string of the molecule is CCN(CC)S(=O)(=O)c1ccc(C(=O)Oc2cc(C)ccc2Cl)cc1. The van der Waals surface area contributed by atoms with Crippen LogP contribution in [0.3, 0.4) is 0 Å². The summed E-state index contributed by atoms with van der Waals surface area (Å²) in [5, 5.41) is 0.333. The van der Waals surface area contributed by atoms with Crippen molar-refractivity contribution in [3.63, 3.8) is 0 Å². The molecule has 0 aliphatic heterocycles. The Balaban J connectivity index is 2.22. The van der Waals surface area contributed by atoms with Crippen molar-refractivity contribution >= 4 is 27.6 Å². The van der Waals surface area contributed by atoms with Crippen molar-refractivity contribution in [3.05, 3.63) is 58.6 Å². The summed E-state index contributed by atoms with van der Waals surface area (Å²) in [5.74, 6) is -0.328. The molecule has 7 heteroatoms. The van der Waals surface area contributed by atoms with Crippen LogP contribution >= 0.6 is 11.6 Å². The van der Waals surface area contributed by atoms with Gasteiger partial charge in [-0.1, -0.05) is 31.5 Å². The zero-order chi connectivity index (χ0) is 18.6. The monoisotopic (exact) mass is 381 g/mol. The first-order valence-corrected chi connectivity index (χ1v) is 9.70. The lowest BCUT2D eigenvalue weighted by Gasteiger charge is -2.18. The van der Waals surface area contributed by atoms with Crippen LogP contribution in [0, 0.1) is 6.92 Å². The lowest BCUT2D eigenvalue weighted by atomic mass is 10.2. The standard InChI is InChI=1S/C18H20ClNO4S/c1-4-20(5-2)25(22,23)15-9-7-14(8-10-15)18(21)24-17-12-13(3)6-11-16(17)19/h6-12H,4-5H2,1-3H3. The van der Waals surface area contributed by atoms with E-state index in [1.165, 1.54) is 28.6 Å². The highest BCUT2D eigenvalue weighted by atomic mass is 35.5. The predicted molar refractivity (Wildman–Crippen MR) is 97.7 cm³/mol. The molecule has 0 radical (unpaired) electrons. The molecule has 2 rings (SSSR count). The lowest BCUT2D eigenvalue weighted by molar-refractivity contribution is 0.0734. The minimum absolute atomic E-state index is 0.140. The van der Waals surface area contributed by atoms with E-state index in [4.69, 9.17) is 16.3 Å². The smallest absolute Gasteiger partial charge is 0.343 e. The highest BCUT2D eigenvalue weighted by Gasteiger charge is 2.22. The second kappa shape index (κ2) is 7.99. The Hall–Kier alpha value is -1.89. The van der Waals surface area contributed by atoms with Gasteiger partial charge in [-0.2, -0.15) is 4.31 Å². The Bertz CT molecular complexity index is 859. The van der Waals surface area contributed by atoms with Gasteiger partial charge in [-0.25, -0.2) is 13.2 Å². The number of sulfonamides is 1. The third-order valence-corrected chi connectivity index (χ3v) is 6.10. The Labute approximate surface area is 153 Å². The van der Waals surface area contributed by atoms with Crippen molar-refractivity contribution < 1.29 is 17.9 Å². The van der Waals surface area contributed by atoms with Crippen LogP contribution in [0.5, 0.6) is 5.75 Å². The maximum absolute atomic E-state index is 12.4. The Kier molecular flexibility index (Phi) is 6.21. The molecule has 0 aliphatic rings. The van der Waals surface area contributed by atoms with Gasteiger partial charge in [0.25, 0.3) is 0 Å². The van der Waals surface area contributed by atoms with Gasteiger partial charge in [0.15, 0.2) is 0 Å². The van der Waals surface area contributed by atoms with E-state index in [0.29, 0.717) is 18.1 Å². The number of carbonyl (C=O) groups excluding carboxylic acids is 1. The number of rotatable bonds is 6. The molecule has 2 aromatic carbocycles. The summed E-state index contributed by atoms with van der Waals surface area (Å²) < 4.78 is 31.5. The van der Waals surface area contributed by atoms with Gasteiger partial charge >= 0.3 is 5.97 Å². The van der Waals surface area contributed by atoms with E-state index in [1.807, 2.05) is 13.0 Å². The average Bonchev–Trinajstić information content (AvgIpc) is 2.59. The molecule has 0 bridgehead atoms. The molecule has 0 spiro atoms. The molecular weight excluding hydrogens is 362 g/mol. The largest absolute Gasteiger partial charge is 0.421 e. The maximum atomic E-state index is 12.4. The highest BCUT2D eigenvalue weighted by Crippen LogP contribution is 2.26. The molecule has 0 heterocycles. The molecule has 0 saturated heterocycles. The predicted octanol–water partition coefficient (Wildman–Crippen LogP) is 3.90. The second-order valence-corrected chi connectivity index (χ2v) is 7.78. The van der Waals surface area contributed by atoms with Crippen LogP contribution in [0.2, 0.25) is 5.02 Å². The third-order valence-electron chi connectivity index (χ3n) is 3.72. The van der Waals surface area contributed by atoms with Crippen LogP contribution in [0.15, 0.2) is 47.4 Å². The summed E-state index contributed by atoms with van der Waals surface area (Å²) in [5.41, 5.74) is 1.16. The van der Waals surface area contributed by atoms with Crippen LogP contribution in [-0.4, -0.2) is 31.8 Å². The van der Waals surface area contributed by atoms with Crippen molar-refractivity contribution in [2.24, 2.45) is 0 Å². The van der Waals surface area contributed by atoms with E-state index < -0.39 is 16.0 Å². The van der Waals surface area contributed by atoms with Gasteiger partial charge in [-0.15, -0.1) is 0 Å². The summed E-state index contributed by atoms with van der Waals surface area (Å²) in [6, 6.07) is 10.8. The molecular formula is C18H20ClNO4S. The Morgan fingerprint density at radius 2 is 1.68 bits per heavy atom. The van der Waals surface area contributed by atoms with Gasteiger partial charge in [-0.3, -0.25) is 0 Å². The molecule has 0 amide bonds. The van der Waals surface area contributed by atoms with Gasteiger partial charge in [0, 0.05) is 13.1 Å². The van der Waals surface area contributed by atoms with Crippen molar-refractivity contribution in [1.29, 1.82) is 0 Å². The highest BCUT2D eigenvalue weighted by molar-refractivity contribution is 7.89. The number of hydrogen-bond acceptors (Lipinski definition) is 4. The zero-order valence-electron chi connectivity index (χ0n) is 14.3. The molecule has 134 valence electrons. The topological polar surface area (TPSA) is 63.7 Å². The summed E-state index contributed by atoms with van der Waals surface area (Å²) in [7, 11) is -3.55. The third kappa shape index (κ3) is 4.39. The number of benzene rings is 2. The number of hydrogen-bond donors (Lipinski definition) is 0. The fraction of sp³-hybridized carbons (Fsp3) is 0.278. The van der Waals surface area contributed by atoms with E-state index in [9.17, 15) is 13.2 Å². The minimum atomic E-state index is -3.55. The quantitative estimate of drug-likeness (QED) is 0.562. The molecule has 0 aromatic heterocycles. The van der Waals surface area contributed by atoms with Gasteiger partial charge in [-0.05, 0) is 48.9 Å². The van der Waals surface area contributed by atoms with Crippen LogP contribution in [-0.2, 0) is 10.0 Å². The van der Waals surface area contributed by atoms with Gasteiger partial charge in [0.1, 0.15) is 5.75 Å². The normalized spacial score (nSPS) is 11.6. The molecule has 25 heavy (non-hydrogen) atoms. The second-order valence-electron chi connectivity index (χ2n) is 5.44. The molecule has 0 unspecified atom stereocenters. The van der Waals surface area contributed by atoms with E-state index >= 15 is 0 Å². The minimum Gasteiger partial charge on any atom is -0.421 e. The number of ether oxygens (including phenoxy) is 1. The molecule has 0 saturated carbocycles. The van der Waals surface area contributed by atoms with Crippen molar-refractivity contribution in [2.75, 3.05) is 13.1 Å². The Morgan fingerprint density at radius 3 is 2.24 bits per heavy atom. The van der Waals surface area contributed by atoms with Crippen LogP contribution in [0.1, 0.15) is 29.8 Å². The molecule has 0 aliphatic carbocycles. The average molecular weight is 382 g/mol. The number of carbonyl (C=O) groups is 1. The summed E-state index contributed by atoms with van der Waals surface area (Å²) in [6.45, 7) is 6.18. The van der Waals surface area contributed by atoms with E-state index in [-0.39, 0.29) is 16.2 Å². The fourth-order valence-corrected chi connectivity index (χ4v) is 3.94. The van der Waals surface area contributed by atoms with Crippen LogP contribution in [0.4, 0.5) is 0 Å². The number of esters is 1. The first-order chi connectivity index (χ1) is 11.8. The van der Waals surface area contributed by atoms with Gasteiger partial charge < -0.3 is 4.74 Å². The number of nitrogens with zero attached hydrogens (tertiary/aromatic N) is 1. The first-order valence-electron chi connectivity index (χ1n) is 7.88. The van der Waals surface area contributed by atoms with Crippen molar-refractivity contribution in [1.82, 2.24) is 4.31 Å². The van der Waals surface area contributed by atoms with Gasteiger partial charge in [0.2, 0.25) is 10.0 Å². The fourth-order valence-electron chi connectivity index (χ4n) is 2.32. The van der Waals surface area contributed by atoms with Crippen LogP contribution < -0.4 is 4.74 Å². The molecule has 2 aromatic rings.